The average Bonchev–Trinajstić information content (AvgIpc) is 2.71. The number of nitrogens with zero attached hydrogens (tertiary/aromatic N) is 1. The summed E-state index contributed by atoms with van der Waals surface area (Å²) in [5.41, 5.74) is 1.59. The summed E-state index contributed by atoms with van der Waals surface area (Å²) < 4.78 is 25.4. The van der Waals surface area contributed by atoms with Crippen LogP contribution in [0.2, 0.25) is 0 Å². The smallest absolute Gasteiger partial charge is 0.407 e. The molecular formula is C10H12N2O4S. The van der Waals surface area contributed by atoms with Gasteiger partial charge in [0, 0.05) is 13.1 Å². The third-order valence-electron chi connectivity index (χ3n) is 2.75. The fourth-order valence-corrected chi connectivity index (χ4v) is 2.57. The Bertz CT molecular complexity index is 568. The zero-order valence-electron chi connectivity index (χ0n) is 9.17. The molecular weight excluding hydrogens is 244 g/mol. The highest BCUT2D eigenvalue weighted by Crippen LogP contribution is 2.25. The monoisotopic (exact) mass is 256 g/mol. The maximum absolute atomic E-state index is 11.6. The maximum Gasteiger partial charge on any atom is 0.407 e. The van der Waals surface area contributed by atoms with E-state index in [2.05, 4.69) is 4.72 Å². The fraction of sp³-hybridized carbons (Fsp3) is 0.300. The lowest BCUT2D eigenvalue weighted by Gasteiger charge is -2.08. The van der Waals surface area contributed by atoms with Crippen LogP contribution in [0.4, 0.5) is 4.79 Å². The second-order valence-corrected chi connectivity index (χ2v) is 5.66. The van der Waals surface area contributed by atoms with E-state index in [0.29, 0.717) is 6.54 Å². The first-order valence-corrected chi connectivity index (χ1v) is 6.45. The Morgan fingerprint density at radius 3 is 2.59 bits per heavy atom. The molecule has 0 unspecified atom stereocenters. The number of rotatable bonds is 2. The van der Waals surface area contributed by atoms with Gasteiger partial charge in [-0.25, -0.2) is 17.9 Å². The zero-order valence-corrected chi connectivity index (χ0v) is 9.99. The van der Waals surface area contributed by atoms with E-state index < -0.39 is 16.1 Å². The third kappa shape index (κ3) is 2.11. The summed E-state index contributed by atoms with van der Waals surface area (Å²) in [5.74, 6) is 0. The Hall–Kier alpha value is -1.60. The van der Waals surface area contributed by atoms with Gasteiger partial charge >= 0.3 is 6.09 Å². The maximum atomic E-state index is 11.6. The molecule has 0 spiro atoms. The molecule has 17 heavy (non-hydrogen) atoms. The van der Waals surface area contributed by atoms with Gasteiger partial charge in [-0.05, 0) is 30.3 Å². The van der Waals surface area contributed by atoms with E-state index in [9.17, 15) is 13.2 Å². The molecule has 0 aliphatic carbocycles. The summed E-state index contributed by atoms with van der Waals surface area (Å²) in [7, 11) is -2.13. The molecule has 1 heterocycles. The Morgan fingerprint density at radius 2 is 2.00 bits per heavy atom. The van der Waals surface area contributed by atoms with E-state index in [1.54, 1.807) is 6.07 Å². The van der Waals surface area contributed by atoms with Crippen molar-refractivity contribution in [1.29, 1.82) is 0 Å². The topological polar surface area (TPSA) is 86.7 Å². The van der Waals surface area contributed by atoms with Gasteiger partial charge in [-0.2, -0.15) is 0 Å². The minimum absolute atomic E-state index is 0.158. The van der Waals surface area contributed by atoms with E-state index >= 15 is 0 Å². The molecule has 0 fully saturated rings. The first kappa shape index (κ1) is 11.9. The summed E-state index contributed by atoms with van der Waals surface area (Å²) >= 11 is 0. The van der Waals surface area contributed by atoms with Crippen molar-refractivity contribution in [2.45, 2.75) is 18.0 Å². The number of nitrogens with one attached hydrogen (secondary N) is 1. The second-order valence-electron chi connectivity index (χ2n) is 3.78. The van der Waals surface area contributed by atoms with Gasteiger partial charge in [0.25, 0.3) is 0 Å². The highest BCUT2D eigenvalue weighted by molar-refractivity contribution is 7.89. The Kier molecular flexibility index (Phi) is 2.80. The van der Waals surface area contributed by atoms with E-state index in [1.807, 2.05) is 0 Å². The van der Waals surface area contributed by atoms with Crippen molar-refractivity contribution in [2.75, 3.05) is 7.05 Å². The summed E-state index contributed by atoms with van der Waals surface area (Å²) in [6.45, 7) is 0.544. The average molecular weight is 256 g/mol. The van der Waals surface area contributed by atoms with E-state index in [1.165, 1.54) is 24.1 Å². The van der Waals surface area contributed by atoms with Crippen LogP contribution in [0.3, 0.4) is 0 Å². The van der Waals surface area contributed by atoms with Gasteiger partial charge in [0.15, 0.2) is 0 Å². The molecule has 6 nitrogen and oxygen atoms in total. The molecule has 1 amide bonds. The predicted octanol–water partition coefficient (Wildman–Crippen LogP) is 0.588. The van der Waals surface area contributed by atoms with Gasteiger partial charge in [-0.15, -0.1) is 0 Å². The van der Waals surface area contributed by atoms with Gasteiger partial charge in [-0.1, -0.05) is 6.07 Å². The van der Waals surface area contributed by atoms with Crippen molar-refractivity contribution in [3.63, 3.8) is 0 Å². The minimum atomic E-state index is -3.47. The molecule has 92 valence electrons. The predicted molar refractivity (Wildman–Crippen MR) is 60.0 cm³/mol. The van der Waals surface area contributed by atoms with Gasteiger partial charge < -0.3 is 5.11 Å². The first-order valence-electron chi connectivity index (χ1n) is 4.97. The highest BCUT2D eigenvalue weighted by Gasteiger charge is 2.24. The molecule has 0 saturated carbocycles. The van der Waals surface area contributed by atoms with Gasteiger partial charge in [0.1, 0.15) is 0 Å². The van der Waals surface area contributed by atoms with Crippen molar-refractivity contribution in [3.05, 3.63) is 29.3 Å². The molecule has 0 aromatic heterocycles. The number of benzene rings is 1. The number of hydrogen-bond acceptors (Lipinski definition) is 3. The second kappa shape index (κ2) is 4.01. The van der Waals surface area contributed by atoms with Crippen LogP contribution in [-0.2, 0) is 23.1 Å². The molecule has 2 N–H and O–H groups in total. The van der Waals surface area contributed by atoms with Crippen LogP contribution in [-0.4, -0.2) is 31.6 Å². The van der Waals surface area contributed by atoms with Crippen LogP contribution in [0, 0.1) is 0 Å². The number of hydrogen-bond donors (Lipinski definition) is 2. The lowest BCUT2D eigenvalue weighted by atomic mass is 10.1. The van der Waals surface area contributed by atoms with Crippen LogP contribution >= 0.6 is 0 Å². The fourth-order valence-electron chi connectivity index (χ4n) is 1.79. The van der Waals surface area contributed by atoms with E-state index in [-0.39, 0.29) is 11.4 Å². The van der Waals surface area contributed by atoms with Crippen LogP contribution < -0.4 is 4.72 Å². The summed E-state index contributed by atoms with van der Waals surface area (Å²) in [5, 5.41) is 8.86. The number of amides is 1. The van der Waals surface area contributed by atoms with Crippen LogP contribution in [0.5, 0.6) is 0 Å². The largest absolute Gasteiger partial charge is 0.465 e. The van der Waals surface area contributed by atoms with Crippen molar-refractivity contribution >= 4 is 16.1 Å². The lowest BCUT2D eigenvalue weighted by molar-refractivity contribution is 0.145. The molecule has 1 aromatic rings. The van der Waals surface area contributed by atoms with Crippen LogP contribution in [0.15, 0.2) is 23.1 Å². The van der Waals surface area contributed by atoms with Crippen LogP contribution in [0.1, 0.15) is 11.1 Å². The first-order chi connectivity index (χ1) is 7.94. The van der Waals surface area contributed by atoms with Crippen molar-refractivity contribution in [1.82, 2.24) is 9.62 Å². The number of carbonyl (C=O) groups is 1. The van der Waals surface area contributed by atoms with Crippen molar-refractivity contribution < 1.29 is 18.3 Å². The van der Waals surface area contributed by atoms with Gasteiger partial charge in [-0.3, -0.25) is 4.90 Å². The Balaban J connectivity index is 2.37. The Morgan fingerprint density at radius 1 is 1.35 bits per heavy atom. The zero-order chi connectivity index (χ0) is 12.6. The van der Waals surface area contributed by atoms with E-state index in [4.69, 9.17) is 5.11 Å². The molecule has 1 aromatic carbocycles. The number of fused-ring (bicyclic) bond motifs is 1. The normalized spacial score (nSPS) is 14.8. The number of sulfonamides is 1. The summed E-state index contributed by atoms with van der Waals surface area (Å²) in [4.78, 5) is 12.2. The minimum Gasteiger partial charge on any atom is -0.465 e. The molecule has 0 saturated heterocycles. The third-order valence-corrected chi connectivity index (χ3v) is 4.16. The molecule has 2 rings (SSSR count). The lowest BCUT2D eigenvalue weighted by Crippen LogP contribution is -2.22. The molecule has 0 radical (unpaired) electrons. The van der Waals surface area contributed by atoms with Gasteiger partial charge in [0.05, 0.1) is 4.90 Å². The highest BCUT2D eigenvalue weighted by atomic mass is 32.2. The van der Waals surface area contributed by atoms with Gasteiger partial charge in [0.2, 0.25) is 10.0 Å². The molecule has 1 aliphatic heterocycles. The quantitative estimate of drug-likeness (QED) is 0.810. The molecule has 0 bridgehead atoms. The summed E-state index contributed by atoms with van der Waals surface area (Å²) in [6.07, 6.45) is -1.00. The van der Waals surface area contributed by atoms with Crippen LogP contribution in [0.25, 0.3) is 0 Å². The Labute approximate surface area is 98.9 Å². The summed E-state index contributed by atoms with van der Waals surface area (Å²) in [6, 6.07) is 4.66. The molecule has 1 aliphatic rings. The molecule has 7 heteroatoms. The van der Waals surface area contributed by atoms with E-state index in [0.717, 1.165) is 11.1 Å². The standard InChI is InChI=1S/C10H12N2O4S/c1-11-17(15,16)9-3-2-7-5-12(10(13)14)6-8(7)4-9/h2-4,11H,5-6H2,1H3,(H,13,14). The molecule has 0 atom stereocenters. The number of carboxylic acid groups (broad SMARTS) is 1. The SMILES string of the molecule is CNS(=O)(=O)c1ccc2c(c1)CN(C(=O)O)C2. The van der Waals surface area contributed by atoms with Crippen molar-refractivity contribution in [2.24, 2.45) is 0 Å². The van der Waals surface area contributed by atoms with Crippen molar-refractivity contribution in [3.8, 4) is 0 Å².